The van der Waals surface area contributed by atoms with Crippen LogP contribution < -0.4 is 0 Å². The lowest BCUT2D eigenvalue weighted by atomic mass is 9.75. The zero-order valence-corrected chi connectivity index (χ0v) is 18.6. The summed E-state index contributed by atoms with van der Waals surface area (Å²) in [7, 11) is 0. The highest BCUT2D eigenvalue weighted by atomic mass is 16.5. The topological polar surface area (TPSA) is 52.6 Å². The molecule has 2 rings (SSSR count). The van der Waals surface area contributed by atoms with Crippen molar-refractivity contribution in [1.82, 2.24) is 0 Å². The van der Waals surface area contributed by atoms with Gasteiger partial charge in [0.2, 0.25) is 0 Å². The first-order valence-electron chi connectivity index (χ1n) is 11.3. The predicted octanol–water partition coefficient (Wildman–Crippen LogP) is 5.55. The van der Waals surface area contributed by atoms with Gasteiger partial charge in [0, 0.05) is 12.2 Å². The molecule has 0 bridgehead atoms. The molecule has 0 aromatic rings. The molecule has 0 aromatic carbocycles. The van der Waals surface area contributed by atoms with E-state index in [2.05, 4.69) is 41.5 Å². The summed E-state index contributed by atoms with van der Waals surface area (Å²) in [5, 5.41) is 0. The van der Waals surface area contributed by atoms with Crippen LogP contribution in [0.3, 0.4) is 0 Å². The molecule has 0 heterocycles. The van der Waals surface area contributed by atoms with Crippen molar-refractivity contribution in [2.75, 3.05) is 0 Å². The van der Waals surface area contributed by atoms with Crippen LogP contribution >= 0.6 is 0 Å². The number of carbonyl (C=O) groups is 2. The summed E-state index contributed by atoms with van der Waals surface area (Å²) in [6.07, 6.45) is 8.77. The average Bonchev–Trinajstić information content (AvgIpc) is 2.59. The number of carbonyl (C=O) groups excluding carboxylic acids is 2. The fourth-order valence-electron chi connectivity index (χ4n) is 5.01. The first kappa shape index (κ1) is 23.0. The van der Waals surface area contributed by atoms with Gasteiger partial charge in [0.1, 0.15) is 12.2 Å². The van der Waals surface area contributed by atoms with E-state index in [1.165, 1.54) is 25.0 Å². The molecule has 0 saturated heterocycles. The standard InChI is InChI=1S/C24H40O4/c1-15(2)19-9-7-17(5)13-21(19)27-23(25)11-12-24(26)28-22-14-18(6)8-10-20(22)16(3)4/h11-12,15-22H,7-10,13-14H2,1-6H3. The summed E-state index contributed by atoms with van der Waals surface area (Å²) in [4.78, 5) is 24.6. The molecule has 0 amide bonds. The summed E-state index contributed by atoms with van der Waals surface area (Å²) in [6.45, 7) is 13.2. The Morgan fingerprint density at radius 1 is 0.714 bits per heavy atom. The van der Waals surface area contributed by atoms with Gasteiger partial charge in [0.15, 0.2) is 0 Å². The minimum atomic E-state index is -0.431. The summed E-state index contributed by atoms with van der Waals surface area (Å²) in [5.41, 5.74) is 0. The van der Waals surface area contributed by atoms with E-state index >= 15 is 0 Å². The van der Waals surface area contributed by atoms with Crippen LogP contribution in [-0.4, -0.2) is 24.1 Å². The van der Waals surface area contributed by atoms with Gasteiger partial charge in [0.05, 0.1) is 0 Å². The molecule has 28 heavy (non-hydrogen) atoms. The number of hydrogen-bond acceptors (Lipinski definition) is 4. The minimum Gasteiger partial charge on any atom is -0.459 e. The van der Waals surface area contributed by atoms with Gasteiger partial charge in [-0.25, -0.2) is 9.59 Å². The van der Waals surface area contributed by atoms with E-state index in [4.69, 9.17) is 9.47 Å². The van der Waals surface area contributed by atoms with Crippen LogP contribution in [0, 0.1) is 35.5 Å². The Hall–Kier alpha value is -1.32. The Labute approximate surface area is 171 Å². The molecule has 160 valence electrons. The Kier molecular flexibility index (Phi) is 8.57. The molecule has 2 saturated carbocycles. The van der Waals surface area contributed by atoms with Gasteiger partial charge < -0.3 is 9.47 Å². The van der Waals surface area contributed by atoms with Gasteiger partial charge in [-0.3, -0.25) is 0 Å². The molecule has 4 nitrogen and oxygen atoms in total. The molecular weight excluding hydrogens is 352 g/mol. The van der Waals surface area contributed by atoms with E-state index in [0.717, 1.165) is 25.7 Å². The Morgan fingerprint density at radius 3 is 1.39 bits per heavy atom. The number of ether oxygens (including phenoxy) is 2. The highest BCUT2D eigenvalue weighted by Crippen LogP contribution is 2.36. The average molecular weight is 393 g/mol. The Bertz CT molecular complexity index is 503. The maximum absolute atomic E-state index is 12.3. The fourth-order valence-corrected chi connectivity index (χ4v) is 5.01. The van der Waals surface area contributed by atoms with Gasteiger partial charge in [-0.05, 0) is 61.2 Å². The zero-order chi connectivity index (χ0) is 20.8. The number of esters is 2. The summed E-state index contributed by atoms with van der Waals surface area (Å²) < 4.78 is 11.4. The SMILES string of the molecule is CC1CCC(C(C)C)C(OC(=O)C=CC(=O)OC2CC(C)CCC2C(C)C)C1. The van der Waals surface area contributed by atoms with E-state index in [9.17, 15) is 9.59 Å². The van der Waals surface area contributed by atoms with Gasteiger partial charge in [0.25, 0.3) is 0 Å². The second-order valence-electron chi connectivity index (χ2n) is 9.94. The van der Waals surface area contributed by atoms with Crippen molar-refractivity contribution in [1.29, 1.82) is 0 Å². The van der Waals surface area contributed by atoms with Crippen LogP contribution in [0.25, 0.3) is 0 Å². The second-order valence-corrected chi connectivity index (χ2v) is 9.94. The van der Waals surface area contributed by atoms with Crippen LogP contribution in [0.5, 0.6) is 0 Å². The van der Waals surface area contributed by atoms with Crippen molar-refractivity contribution in [3.05, 3.63) is 12.2 Å². The van der Waals surface area contributed by atoms with Crippen molar-refractivity contribution in [3.8, 4) is 0 Å². The summed E-state index contributed by atoms with van der Waals surface area (Å²) in [5.74, 6) is 2.05. The van der Waals surface area contributed by atoms with Crippen LogP contribution in [0.4, 0.5) is 0 Å². The molecule has 4 heteroatoms. The monoisotopic (exact) mass is 392 g/mol. The lowest BCUT2D eigenvalue weighted by Gasteiger charge is -2.36. The van der Waals surface area contributed by atoms with E-state index in [-0.39, 0.29) is 12.2 Å². The highest BCUT2D eigenvalue weighted by Gasteiger charge is 2.34. The summed E-state index contributed by atoms with van der Waals surface area (Å²) in [6, 6.07) is 0. The third-order valence-corrected chi connectivity index (χ3v) is 6.81. The molecule has 2 fully saturated rings. The highest BCUT2D eigenvalue weighted by molar-refractivity contribution is 5.91. The van der Waals surface area contributed by atoms with Gasteiger partial charge in [-0.1, -0.05) is 54.4 Å². The first-order chi connectivity index (χ1) is 13.2. The van der Waals surface area contributed by atoms with Crippen molar-refractivity contribution in [2.24, 2.45) is 35.5 Å². The van der Waals surface area contributed by atoms with E-state index in [1.807, 2.05) is 0 Å². The Balaban J connectivity index is 1.89. The molecule has 6 unspecified atom stereocenters. The molecule has 6 atom stereocenters. The smallest absolute Gasteiger partial charge is 0.331 e. The van der Waals surface area contributed by atoms with Gasteiger partial charge in [-0.2, -0.15) is 0 Å². The molecule has 0 spiro atoms. The van der Waals surface area contributed by atoms with Crippen LogP contribution in [0.2, 0.25) is 0 Å². The molecule has 0 radical (unpaired) electrons. The largest absolute Gasteiger partial charge is 0.459 e. The van der Waals surface area contributed by atoms with E-state index in [1.54, 1.807) is 0 Å². The van der Waals surface area contributed by atoms with Gasteiger partial charge in [-0.15, -0.1) is 0 Å². The third-order valence-electron chi connectivity index (χ3n) is 6.81. The molecule has 2 aliphatic rings. The molecule has 0 aliphatic heterocycles. The normalized spacial score (nSPS) is 34.0. The zero-order valence-electron chi connectivity index (χ0n) is 18.6. The lowest BCUT2D eigenvalue weighted by Crippen LogP contribution is -2.36. The van der Waals surface area contributed by atoms with Crippen LogP contribution in [-0.2, 0) is 19.1 Å². The van der Waals surface area contributed by atoms with Crippen molar-refractivity contribution in [3.63, 3.8) is 0 Å². The van der Waals surface area contributed by atoms with Crippen LogP contribution in [0.1, 0.15) is 80.1 Å². The van der Waals surface area contributed by atoms with Crippen molar-refractivity contribution in [2.45, 2.75) is 92.3 Å². The summed E-state index contributed by atoms with van der Waals surface area (Å²) >= 11 is 0. The lowest BCUT2D eigenvalue weighted by molar-refractivity contribution is -0.152. The molecule has 0 N–H and O–H groups in total. The maximum Gasteiger partial charge on any atom is 0.331 e. The van der Waals surface area contributed by atoms with Crippen molar-refractivity contribution >= 4 is 11.9 Å². The first-order valence-corrected chi connectivity index (χ1v) is 11.3. The predicted molar refractivity (Wildman–Crippen MR) is 112 cm³/mol. The minimum absolute atomic E-state index is 0.0542. The van der Waals surface area contributed by atoms with Crippen LogP contribution in [0.15, 0.2) is 12.2 Å². The number of rotatable bonds is 6. The second kappa shape index (κ2) is 10.5. The quantitative estimate of drug-likeness (QED) is 0.439. The van der Waals surface area contributed by atoms with E-state index in [0.29, 0.717) is 35.5 Å². The molecule has 2 aliphatic carbocycles. The van der Waals surface area contributed by atoms with Crippen molar-refractivity contribution < 1.29 is 19.1 Å². The van der Waals surface area contributed by atoms with Gasteiger partial charge >= 0.3 is 11.9 Å². The maximum atomic E-state index is 12.3. The Morgan fingerprint density at radius 2 is 1.07 bits per heavy atom. The third kappa shape index (κ3) is 6.63. The molecular formula is C24H40O4. The molecule has 0 aromatic heterocycles. The van der Waals surface area contributed by atoms with E-state index < -0.39 is 11.9 Å². The number of hydrogen-bond donors (Lipinski definition) is 0. The fraction of sp³-hybridized carbons (Fsp3) is 0.833.